The van der Waals surface area contributed by atoms with Gasteiger partial charge in [-0.2, -0.15) is 0 Å². The lowest BCUT2D eigenvalue weighted by Crippen LogP contribution is -1.92. The first-order valence-corrected chi connectivity index (χ1v) is 7.50. The van der Waals surface area contributed by atoms with E-state index in [1.54, 1.807) is 11.3 Å². The highest BCUT2D eigenvalue weighted by molar-refractivity contribution is 7.13. The molecular formula is C16H12N4S. The van der Waals surface area contributed by atoms with Crippen LogP contribution in [0.5, 0.6) is 0 Å². The maximum Gasteiger partial charge on any atom is 0.234 e. The van der Waals surface area contributed by atoms with Crippen LogP contribution in [0.4, 0.5) is 0 Å². The maximum atomic E-state index is 4.44. The molecule has 0 saturated carbocycles. The molecule has 0 atom stereocenters. The van der Waals surface area contributed by atoms with Gasteiger partial charge in [-0.05, 0) is 19.1 Å². The largest absolute Gasteiger partial charge is 0.284 e. The van der Waals surface area contributed by atoms with Crippen molar-refractivity contribution in [3.05, 3.63) is 60.0 Å². The summed E-state index contributed by atoms with van der Waals surface area (Å²) < 4.78 is 2.01. The fourth-order valence-corrected chi connectivity index (χ4v) is 2.98. The van der Waals surface area contributed by atoms with Crippen molar-refractivity contribution in [3.63, 3.8) is 0 Å². The van der Waals surface area contributed by atoms with Crippen LogP contribution in [0.1, 0.15) is 5.69 Å². The average Bonchev–Trinajstić information content (AvgIpc) is 3.16. The molecule has 1 aromatic carbocycles. The quantitative estimate of drug-likeness (QED) is 0.564. The topological polar surface area (TPSA) is 43.1 Å². The van der Waals surface area contributed by atoms with E-state index >= 15 is 0 Å². The lowest BCUT2D eigenvalue weighted by molar-refractivity contribution is 1.07. The third-order valence-corrected chi connectivity index (χ3v) is 4.18. The minimum absolute atomic E-state index is 0.727. The molecule has 0 saturated heterocycles. The molecule has 0 bridgehead atoms. The minimum atomic E-state index is 0.727. The SMILES string of the molecule is Cc1ccn2c(-c3cccc(-c4nccs4)c3)cnc2n1. The molecule has 0 amide bonds. The van der Waals surface area contributed by atoms with Gasteiger partial charge in [0.05, 0.1) is 11.9 Å². The summed E-state index contributed by atoms with van der Waals surface area (Å²) in [6, 6.07) is 10.3. The van der Waals surface area contributed by atoms with Gasteiger partial charge in [0, 0.05) is 34.6 Å². The van der Waals surface area contributed by atoms with E-state index in [2.05, 4.69) is 33.2 Å². The molecule has 0 spiro atoms. The number of imidazole rings is 1. The summed E-state index contributed by atoms with van der Waals surface area (Å²) in [6.45, 7) is 1.97. The molecule has 0 aliphatic rings. The molecule has 4 nitrogen and oxygen atoms in total. The van der Waals surface area contributed by atoms with E-state index in [1.165, 1.54) is 0 Å². The minimum Gasteiger partial charge on any atom is -0.284 e. The van der Waals surface area contributed by atoms with Crippen LogP contribution in [-0.2, 0) is 0 Å². The number of benzene rings is 1. The van der Waals surface area contributed by atoms with E-state index in [1.807, 2.05) is 47.4 Å². The van der Waals surface area contributed by atoms with Crippen molar-refractivity contribution in [2.24, 2.45) is 0 Å². The predicted octanol–water partition coefficient (Wildman–Crippen LogP) is 3.83. The molecule has 102 valence electrons. The van der Waals surface area contributed by atoms with Crippen LogP contribution in [0.3, 0.4) is 0 Å². The normalized spacial score (nSPS) is 11.1. The number of nitrogens with zero attached hydrogens (tertiary/aromatic N) is 4. The molecule has 5 heteroatoms. The van der Waals surface area contributed by atoms with Gasteiger partial charge in [-0.25, -0.2) is 15.0 Å². The number of aromatic nitrogens is 4. The first-order valence-electron chi connectivity index (χ1n) is 6.62. The third-order valence-electron chi connectivity index (χ3n) is 3.36. The number of fused-ring (bicyclic) bond motifs is 1. The molecule has 4 aromatic rings. The van der Waals surface area contributed by atoms with E-state index in [0.717, 1.165) is 33.3 Å². The molecule has 0 aliphatic heterocycles. The zero-order valence-corrected chi connectivity index (χ0v) is 12.2. The lowest BCUT2D eigenvalue weighted by Gasteiger charge is -2.04. The van der Waals surface area contributed by atoms with E-state index in [9.17, 15) is 0 Å². The fourth-order valence-electron chi connectivity index (χ4n) is 2.35. The Balaban J connectivity index is 1.87. The van der Waals surface area contributed by atoms with Gasteiger partial charge in [0.25, 0.3) is 0 Å². The van der Waals surface area contributed by atoms with E-state index < -0.39 is 0 Å². The summed E-state index contributed by atoms with van der Waals surface area (Å²) in [5, 5.41) is 3.02. The number of thiazole rings is 1. The second kappa shape index (κ2) is 4.79. The van der Waals surface area contributed by atoms with E-state index in [-0.39, 0.29) is 0 Å². The fraction of sp³-hybridized carbons (Fsp3) is 0.0625. The van der Waals surface area contributed by atoms with E-state index in [0.29, 0.717) is 0 Å². The molecule has 0 radical (unpaired) electrons. The Hall–Kier alpha value is -2.53. The highest BCUT2D eigenvalue weighted by Gasteiger charge is 2.08. The second-order valence-corrected chi connectivity index (χ2v) is 5.69. The van der Waals surface area contributed by atoms with Crippen LogP contribution < -0.4 is 0 Å². The van der Waals surface area contributed by atoms with Crippen LogP contribution in [-0.4, -0.2) is 19.4 Å². The number of rotatable bonds is 2. The Morgan fingerprint density at radius 1 is 1.10 bits per heavy atom. The van der Waals surface area contributed by atoms with Crippen molar-refractivity contribution in [1.29, 1.82) is 0 Å². The van der Waals surface area contributed by atoms with Gasteiger partial charge < -0.3 is 0 Å². The van der Waals surface area contributed by atoms with Gasteiger partial charge in [-0.15, -0.1) is 11.3 Å². The van der Waals surface area contributed by atoms with Crippen LogP contribution in [0.15, 0.2) is 54.3 Å². The van der Waals surface area contributed by atoms with E-state index in [4.69, 9.17) is 0 Å². The zero-order valence-electron chi connectivity index (χ0n) is 11.4. The van der Waals surface area contributed by atoms with Crippen molar-refractivity contribution < 1.29 is 0 Å². The lowest BCUT2D eigenvalue weighted by atomic mass is 10.1. The first-order chi connectivity index (χ1) is 10.3. The van der Waals surface area contributed by atoms with Crippen molar-refractivity contribution in [2.75, 3.05) is 0 Å². The Kier molecular flexibility index (Phi) is 2.79. The Morgan fingerprint density at radius 3 is 2.86 bits per heavy atom. The molecule has 0 fully saturated rings. The number of hydrogen-bond donors (Lipinski definition) is 0. The van der Waals surface area contributed by atoms with Crippen LogP contribution in [0.2, 0.25) is 0 Å². The van der Waals surface area contributed by atoms with Gasteiger partial charge in [-0.1, -0.05) is 18.2 Å². The summed E-state index contributed by atoms with van der Waals surface area (Å²) in [7, 11) is 0. The smallest absolute Gasteiger partial charge is 0.234 e. The van der Waals surface area contributed by atoms with Crippen molar-refractivity contribution >= 4 is 17.1 Å². The molecule has 0 N–H and O–H groups in total. The van der Waals surface area contributed by atoms with Crippen molar-refractivity contribution in [1.82, 2.24) is 19.4 Å². The van der Waals surface area contributed by atoms with Gasteiger partial charge in [-0.3, -0.25) is 4.40 Å². The van der Waals surface area contributed by atoms with Crippen molar-refractivity contribution in [3.8, 4) is 21.8 Å². The predicted molar refractivity (Wildman–Crippen MR) is 84.3 cm³/mol. The monoisotopic (exact) mass is 292 g/mol. The molecule has 3 heterocycles. The molecular weight excluding hydrogens is 280 g/mol. The standard InChI is InChI=1S/C16H12N4S/c1-11-5-7-20-14(10-18-16(20)19-11)12-3-2-4-13(9-12)15-17-6-8-21-15/h2-10H,1H3. The number of aryl methyl sites for hydroxylation is 1. The Morgan fingerprint density at radius 2 is 2.00 bits per heavy atom. The second-order valence-electron chi connectivity index (χ2n) is 4.80. The van der Waals surface area contributed by atoms with Gasteiger partial charge in [0.15, 0.2) is 0 Å². The Labute approximate surface area is 125 Å². The molecule has 0 aliphatic carbocycles. The maximum absolute atomic E-state index is 4.44. The molecule has 4 rings (SSSR count). The van der Waals surface area contributed by atoms with Gasteiger partial charge in [0.1, 0.15) is 5.01 Å². The molecule has 3 aromatic heterocycles. The van der Waals surface area contributed by atoms with Gasteiger partial charge >= 0.3 is 0 Å². The third kappa shape index (κ3) is 2.11. The molecule has 0 unspecified atom stereocenters. The summed E-state index contributed by atoms with van der Waals surface area (Å²) in [4.78, 5) is 13.2. The molecule has 21 heavy (non-hydrogen) atoms. The summed E-state index contributed by atoms with van der Waals surface area (Å²) in [5.41, 5.74) is 4.24. The number of hydrogen-bond acceptors (Lipinski definition) is 4. The first kappa shape index (κ1) is 12.2. The van der Waals surface area contributed by atoms with Crippen LogP contribution >= 0.6 is 11.3 Å². The van der Waals surface area contributed by atoms with Gasteiger partial charge in [0.2, 0.25) is 5.78 Å². The highest BCUT2D eigenvalue weighted by atomic mass is 32.1. The highest BCUT2D eigenvalue weighted by Crippen LogP contribution is 2.27. The summed E-state index contributed by atoms with van der Waals surface area (Å²) >= 11 is 1.64. The summed E-state index contributed by atoms with van der Waals surface area (Å²) in [5.74, 6) is 0.727. The Bertz CT molecular complexity index is 909. The van der Waals surface area contributed by atoms with Crippen LogP contribution in [0.25, 0.3) is 27.6 Å². The van der Waals surface area contributed by atoms with Crippen LogP contribution in [0, 0.1) is 6.92 Å². The average molecular weight is 292 g/mol. The summed E-state index contributed by atoms with van der Waals surface area (Å²) in [6.07, 6.45) is 5.70. The van der Waals surface area contributed by atoms with Crippen molar-refractivity contribution in [2.45, 2.75) is 6.92 Å². The zero-order chi connectivity index (χ0) is 14.2.